The fourth-order valence-corrected chi connectivity index (χ4v) is 2.59. The van der Waals surface area contributed by atoms with Crippen molar-refractivity contribution in [3.8, 4) is 5.75 Å². The molecule has 0 aliphatic heterocycles. The molecule has 3 N–H and O–H groups in total. The van der Waals surface area contributed by atoms with Gasteiger partial charge in [0.1, 0.15) is 5.75 Å². The van der Waals surface area contributed by atoms with Crippen LogP contribution in [0.4, 0.5) is 17.1 Å². The first-order valence-corrected chi connectivity index (χ1v) is 8.79. The van der Waals surface area contributed by atoms with E-state index >= 15 is 0 Å². The van der Waals surface area contributed by atoms with Crippen LogP contribution in [0.3, 0.4) is 0 Å². The second-order valence-electron chi connectivity index (χ2n) is 6.00. The monoisotopic (exact) mass is 375 g/mol. The molecule has 0 aliphatic carbocycles. The smallest absolute Gasteiger partial charge is 0.255 e. The molecule has 6 heteroatoms. The molecule has 0 bridgehead atoms. The number of benzene rings is 3. The second-order valence-corrected chi connectivity index (χ2v) is 6.00. The quantitative estimate of drug-likeness (QED) is 0.583. The molecule has 0 spiro atoms. The number of rotatable bonds is 7. The van der Waals surface area contributed by atoms with Gasteiger partial charge in [-0.05, 0) is 48.5 Å². The van der Waals surface area contributed by atoms with E-state index in [0.29, 0.717) is 22.7 Å². The maximum Gasteiger partial charge on any atom is 0.255 e. The fourth-order valence-electron chi connectivity index (χ4n) is 2.59. The van der Waals surface area contributed by atoms with E-state index in [1.165, 1.54) is 0 Å². The third-order valence-corrected chi connectivity index (χ3v) is 4.01. The van der Waals surface area contributed by atoms with Crippen LogP contribution in [0.1, 0.15) is 10.4 Å². The Bertz CT molecular complexity index is 941. The summed E-state index contributed by atoms with van der Waals surface area (Å²) in [5.41, 5.74) is 2.57. The lowest BCUT2D eigenvalue weighted by molar-refractivity contribution is -0.114. The predicted molar refractivity (Wildman–Crippen MR) is 111 cm³/mol. The summed E-state index contributed by atoms with van der Waals surface area (Å²) in [6.45, 7) is 0.153. The molecular weight excluding hydrogens is 354 g/mol. The highest BCUT2D eigenvalue weighted by Gasteiger charge is 2.10. The van der Waals surface area contributed by atoms with Crippen LogP contribution in [0.25, 0.3) is 0 Å². The fraction of sp³-hybridized carbons (Fsp3) is 0.0909. The minimum atomic E-state index is -0.256. The van der Waals surface area contributed by atoms with Crippen molar-refractivity contribution in [2.24, 2.45) is 0 Å². The topological polar surface area (TPSA) is 79.5 Å². The number of methoxy groups -OCH3 is 1. The van der Waals surface area contributed by atoms with Crippen molar-refractivity contribution in [3.05, 3.63) is 84.4 Å². The molecule has 0 atom stereocenters. The Balaban J connectivity index is 1.55. The van der Waals surface area contributed by atoms with Gasteiger partial charge in [-0.2, -0.15) is 0 Å². The van der Waals surface area contributed by atoms with E-state index < -0.39 is 0 Å². The maximum atomic E-state index is 12.4. The molecule has 0 saturated heterocycles. The first kappa shape index (κ1) is 19.0. The molecule has 0 unspecified atom stereocenters. The third kappa shape index (κ3) is 5.11. The molecule has 0 radical (unpaired) electrons. The normalized spacial score (nSPS) is 10.0. The SMILES string of the molecule is COc1ccccc1NC(=O)c1ccc(NC(=O)CNc2ccccc2)cc1. The lowest BCUT2D eigenvalue weighted by Crippen LogP contribution is -2.21. The Morgan fingerprint density at radius 3 is 2.18 bits per heavy atom. The molecule has 0 saturated carbocycles. The van der Waals surface area contributed by atoms with Crippen molar-refractivity contribution in [3.63, 3.8) is 0 Å². The standard InChI is InChI=1S/C22H21N3O3/c1-28-20-10-6-5-9-19(20)25-22(27)16-11-13-18(14-12-16)24-21(26)15-23-17-7-3-2-4-8-17/h2-14,23H,15H2,1H3,(H,24,26)(H,25,27). The van der Waals surface area contributed by atoms with Crippen LogP contribution in [0.5, 0.6) is 5.75 Å². The van der Waals surface area contributed by atoms with Crippen molar-refractivity contribution in [2.45, 2.75) is 0 Å². The van der Waals surface area contributed by atoms with E-state index in [-0.39, 0.29) is 18.4 Å². The number of para-hydroxylation sites is 3. The van der Waals surface area contributed by atoms with E-state index in [1.807, 2.05) is 42.5 Å². The van der Waals surface area contributed by atoms with Gasteiger partial charge in [-0.15, -0.1) is 0 Å². The Kier molecular flexibility index (Phi) is 6.25. The van der Waals surface area contributed by atoms with Crippen LogP contribution in [0.2, 0.25) is 0 Å². The second kappa shape index (κ2) is 9.23. The highest BCUT2D eigenvalue weighted by Crippen LogP contribution is 2.23. The van der Waals surface area contributed by atoms with Gasteiger partial charge in [-0.25, -0.2) is 0 Å². The van der Waals surface area contributed by atoms with Gasteiger partial charge >= 0.3 is 0 Å². The predicted octanol–water partition coefficient (Wildman–Crippen LogP) is 4.00. The zero-order valence-corrected chi connectivity index (χ0v) is 15.4. The van der Waals surface area contributed by atoms with Crippen LogP contribution in [-0.2, 0) is 4.79 Å². The maximum absolute atomic E-state index is 12.4. The number of ether oxygens (including phenoxy) is 1. The van der Waals surface area contributed by atoms with Crippen LogP contribution in [0, 0.1) is 0 Å². The molecule has 0 heterocycles. The molecule has 6 nitrogen and oxygen atoms in total. The van der Waals surface area contributed by atoms with Gasteiger partial charge in [0.05, 0.1) is 19.3 Å². The molecular formula is C22H21N3O3. The average molecular weight is 375 g/mol. The summed E-state index contributed by atoms with van der Waals surface area (Å²) in [5, 5.41) is 8.65. The molecule has 28 heavy (non-hydrogen) atoms. The average Bonchev–Trinajstić information content (AvgIpc) is 2.74. The van der Waals surface area contributed by atoms with Crippen molar-refractivity contribution < 1.29 is 14.3 Å². The Morgan fingerprint density at radius 1 is 0.786 bits per heavy atom. The molecule has 142 valence electrons. The van der Waals surface area contributed by atoms with Gasteiger partial charge in [0.15, 0.2) is 0 Å². The van der Waals surface area contributed by atoms with E-state index in [9.17, 15) is 9.59 Å². The lowest BCUT2D eigenvalue weighted by atomic mass is 10.2. The summed E-state index contributed by atoms with van der Waals surface area (Å²) in [4.78, 5) is 24.5. The Labute approximate surface area is 163 Å². The van der Waals surface area contributed by atoms with E-state index in [0.717, 1.165) is 5.69 Å². The van der Waals surface area contributed by atoms with Crippen LogP contribution < -0.4 is 20.7 Å². The first-order chi connectivity index (χ1) is 13.7. The van der Waals surface area contributed by atoms with Gasteiger partial charge in [0, 0.05) is 16.9 Å². The largest absolute Gasteiger partial charge is 0.495 e. The summed E-state index contributed by atoms with van der Waals surface area (Å²) in [6, 6.07) is 23.4. The molecule has 0 aliphatic rings. The summed E-state index contributed by atoms with van der Waals surface area (Å²) >= 11 is 0. The number of hydrogen-bond acceptors (Lipinski definition) is 4. The molecule has 3 rings (SSSR count). The number of nitrogens with one attached hydrogen (secondary N) is 3. The van der Waals surface area contributed by atoms with E-state index in [4.69, 9.17) is 4.74 Å². The Morgan fingerprint density at radius 2 is 1.46 bits per heavy atom. The van der Waals surface area contributed by atoms with Crippen LogP contribution >= 0.6 is 0 Å². The van der Waals surface area contributed by atoms with Gasteiger partial charge in [0.25, 0.3) is 5.91 Å². The molecule has 2 amide bonds. The number of amides is 2. The van der Waals surface area contributed by atoms with E-state index in [2.05, 4.69) is 16.0 Å². The zero-order valence-electron chi connectivity index (χ0n) is 15.4. The van der Waals surface area contributed by atoms with Crippen molar-refractivity contribution in [1.29, 1.82) is 0 Å². The summed E-state index contributed by atoms with van der Waals surface area (Å²) in [7, 11) is 1.55. The summed E-state index contributed by atoms with van der Waals surface area (Å²) < 4.78 is 5.23. The third-order valence-electron chi connectivity index (χ3n) is 4.01. The van der Waals surface area contributed by atoms with Gasteiger partial charge in [-0.1, -0.05) is 30.3 Å². The molecule has 3 aromatic rings. The van der Waals surface area contributed by atoms with Crippen molar-refractivity contribution in [1.82, 2.24) is 0 Å². The number of hydrogen-bond donors (Lipinski definition) is 3. The Hall–Kier alpha value is -3.80. The van der Waals surface area contributed by atoms with E-state index in [1.54, 1.807) is 43.5 Å². The first-order valence-electron chi connectivity index (χ1n) is 8.79. The minimum absolute atomic E-state index is 0.153. The summed E-state index contributed by atoms with van der Waals surface area (Å²) in [6.07, 6.45) is 0. The van der Waals surface area contributed by atoms with Gasteiger partial charge in [-0.3, -0.25) is 9.59 Å². The van der Waals surface area contributed by atoms with Gasteiger partial charge < -0.3 is 20.7 Å². The number of carbonyl (C=O) groups excluding carboxylic acids is 2. The van der Waals surface area contributed by atoms with Crippen LogP contribution in [0.15, 0.2) is 78.9 Å². The van der Waals surface area contributed by atoms with Crippen molar-refractivity contribution >= 4 is 28.9 Å². The highest BCUT2D eigenvalue weighted by atomic mass is 16.5. The molecule has 0 fully saturated rings. The lowest BCUT2D eigenvalue weighted by Gasteiger charge is -2.11. The zero-order chi connectivity index (χ0) is 19.8. The summed E-state index contributed by atoms with van der Waals surface area (Å²) in [5.74, 6) is 0.161. The molecule has 3 aromatic carbocycles. The number of anilines is 3. The van der Waals surface area contributed by atoms with Gasteiger partial charge in [0.2, 0.25) is 5.91 Å². The minimum Gasteiger partial charge on any atom is -0.495 e. The van der Waals surface area contributed by atoms with Crippen molar-refractivity contribution in [2.75, 3.05) is 29.6 Å². The molecule has 0 aromatic heterocycles. The number of carbonyl (C=O) groups is 2. The van der Waals surface area contributed by atoms with Crippen LogP contribution in [-0.4, -0.2) is 25.5 Å². The highest BCUT2D eigenvalue weighted by molar-refractivity contribution is 6.05.